The minimum absolute atomic E-state index is 0.0258. The van der Waals surface area contributed by atoms with Crippen LogP contribution < -0.4 is 0 Å². The molecule has 2 nitrogen and oxygen atoms in total. The number of hydrogen-bond donors (Lipinski definition) is 1. The molecular weight excluding hydrogens is 152 g/mol. The first-order chi connectivity index (χ1) is 4.86. The van der Waals surface area contributed by atoms with Gasteiger partial charge >= 0.3 is 0 Å². The summed E-state index contributed by atoms with van der Waals surface area (Å²) in [7, 11) is 0. The Balaban J connectivity index is 2.28. The van der Waals surface area contributed by atoms with E-state index in [0.29, 0.717) is 0 Å². The lowest BCUT2D eigenvalue weighted by molar-refractivity contribution is 0.0311. The molecule has 1 saturated heterocycles. The lowest BCUT2D eigenvalue weighted by Crippen LogP contribution is -2.12. The second-order valence-corrected chi connectivity index (χ2v) is 2.63. The summed E-state index contributed by atoms with van der Waals surface area (Å²) >= 11 is 5.35. The topological polar surface area (TPSA) is 29.5 Å². The summed E-state index contributed by atoms with van der Waals surface area (Å²) in [4.78, 5) is 0. The van der Waals surface area contributed by atoms with E-state index in [1.54, 1.807) is 6.08 Å². The molecule has 1 fully saturated rings. The van der Waals surface area contributed by atoms with Gasteiger partial charge in [0.25, 0.3) is 0 Å². The molecule has 58 valence electrons. The van der Waals surface area contributed by atoms with E-state index in [4.69, 9.17) is 21.4 Å². The fourth-order valence-electron chi connectivity index (χ4n) is 1.09. The molecule has 10 heavy (non-hydrogen) atoms. The Morgan fingerprint density at radius 2 is 2.40 bits per heavy atom. The Hall–Kier alpha value is -0.0500. The molecule has 3 heteroatoms. The van der Waals surface area contributed by atoms with Crippen LogP contribution in [0.4, 0.5) is 0 Å². The van der Waals surface area contributed by atoms with Gasteiger partial charge in [-0.05, 0) is 18.9 Å². The van der Waals surface area contributed by atoms with Crippen molar-refractivity contribution in [3.63, 3.8) is 0 Å². The van der Waals surface area contributed by atoms with E-state index in [9.17, 15) is 0 Å². The van der Waals surface area contributed by atoms with Crippen molar-refractivity contribution < 1.29 is 9.84 Å². The maximum Gasteiger partial charge on any atom is 0.0814 e. The molecule has 0 bridgehead atoms. The quantitative estimate of drug-likeness (QED) is 0.663. The Morgan fingerprint density at radius 1 is 1.60 bits per heavy atom. The van der Waals surface area contributed by atoms with Gasteiger partial charge in [-0.1, -0.05) is 11.6 Å². The molecular formula is C7H11ClO2. The van der Waals surface area contributed by atoms with Crippen LogP contribution in [0.25, 0.3) is 0 Å². The summed E-state index contributed by atoms with van der Waals surface area (Å²) < 4.78 is 5.33. The average Bonchev–Trinajstić information content (AvgIpc) is 2.37. The van der Waals surface area contributed by atoms with Crippen LogP contribution in [0.3, 0.4) is 0 Å². The Labute approximate surface area is 65.4 Å². The number of hydrogen-bond acceptors (Lipinski definition) is 2. The van der Waals surface area contributed by atoms with Crippen molar-refractivity contribution in [1.29, 1.82) is 0 Å². The molecule has 1 heterocycles. The minimum Gasteiger partial charge on any atom is -0.394 e. The number of ether oxygens (including phenoxy) is 1. The van der Waals surface area contributed by atoms with Crippen molar-refractivity contribution in [2.24, 2.45) is 0 Å². The predicted octanol–water partition coefficient (Wildman–Crippen LogP) is 1.28. The molecule has 1 N–H and O–H groups in total. The maximum absolute atomic E-state index is 8.67. The van der Waals surface area contributed by atoms with E-state index < -0.39 is 0 Å². The highest BCUT2D eigenvalue weighted by atomic mass is 35.5. The van der Waals surface area contributed by atoms with Gasteiger partial charge in [-0.2, -0.15) is 0 Å². The van der Waals surface area contributed by atoms with Gasteiger partial charge in [-0.25, -0.2) is 0 Å². The molecule has 2 atom stereocenters. The second kappa shape index (κ2) is 3.96. The number of halogens is 1. The lowest BCUT2D eigenvalue weighted by atomic mass is 10.2. The highest BCUT2D eigenvalue weighted by Crippen LogP contribution is 2.19. The molecule has 0 aromatic heterocycles. The monoisotopic (exact) mass is 162 g/mol. The number of aliphatic hydroxyl groups excluding tert-OH is 1. The van der Waals surface area contributed by atoms with Crippen LogP contribution in [0.5, 0.6) is 0 Å². The molecule has 0 amide bonds. The summed E-state index contributed by atoms with van der Waals surface area (Å²) in [5.41, 5.74) is 1.46. The van der Waals surface area contributed by atoms with Crippen molar-refractivity contribution in [2.45, 2.75) is 25.0 Å². The standard InChI is InChI=1S/C7H11ClO2/c8-4-3-6-1-2-7(5-9)10-6/h3-4,6-7,9H,1-2,5H2. The molecule has 1 rings (SSSR count). The van der Waals surface area contributed by atoms with Gasteiger partial charge in [0, 0.05) is 5.54 Å². The highest BCUT2D eigenvalue weighted by molar-refractivity contribution is 6.25. The molecule has 0 radical (unpaired) electrons. The molecule has 2 unspecified atom stereocenters. The van der Waals surface area contributed by atoms with Crippen molar-refractivity contribution >= 4 is 11.6 Å². The van der Waals surface area contributed by atoms with E-state index in [-0.39, 0.29) is 18.8 Å². The average molecular weight is 163 g/mol. The lowest BCUT2D eigenvalue weighted by Gasteiger charge is -2.06. The van der Waals surface area contributed by atoms with E-state index in [1.807, 2.05) is 0 Å². The van der Waals surface area contributed by atoms with Crippen LogP contribution in [-0.2, 0) is 4.74 Å². The molecule has 0 spiro atoms. The zero-order valence-corrected chi connectivity index (χ0v) is 6.42. The van der Waals surface area contributed by atoms with Gasteiger partial charge in [0.2, 0.25) is 0 Å². The third kappa shape index (κ3) is 1.97. The van der Waals surface area contributed by atoms with Crippen molar-refractivity contribution in [3.8, 4) is 0 Å². The molecule has 0 aromatic rings. The van der Waals surface area contributed by atoms with E-state index >= 15 is 0 Å². The number of aliphatic hydroxyl groups is 1. The molecule has 0 saturated carbocycles. The predicted molar refractivity (Wildman–Crippen MR) is 40.0 cm³/mol. The van der Waals surface area contributed by atoms with Gasteiger partial charge in [0.1, 0.15) is 0 Å². The van der Waals surface area contributed by atoms with Crippen LogP contribution in [0.1, 0.15) is 12.8 Å². The summed E-state index contributed by atoms with van der Waals surface area (Å²) in [5.74, 6) is 0. The van der Waals surface area contributed by atoms with Crippen molar-refractivity contribution in [2.75, 3.05) is 6.61 Å². The summed E-state index contributed by atoms with van der Waals surface area (Å²) in [6, 6.07) is 0. The van der Waals surface area contributed by atoms with E-state index in [2.05, 4.69) is 0 Å². The SMILES string of the molecule is OCC1CCC(C=CCl)O1. The van der Waals surface area contributed by atoms with Crippen LogP contribution in [0.2, 0.25) is 0 Å². The van der Waals surface area contributed by atoms with Gasteiger partial charge in [0.15, 0.2) is 0 Å². The van der Waals surface area contributed by atoms with E-state index in [0.717, 1.165) is 12.8 Å². The summed E-state index contributed by atoms with van der Waals surface area (Å²) in [6.07, 6.45) is 3.85. The maximum atomic E-state index is 8.67. The first-order valence-electron chi connectivity index (χ1n) is 3.40. The van der Waals surface area contributed by atoms with Crippen molar-refractivity contribution in [1.82, 2.24) is 0 Å². The zero-order valence-electron chi connectivity index (χ0n) is 5.66. The third-order valence-electron chi connectivity index (χ3n) is 1.63. The zero-order chi connectivity index (χ0) is 7.40. The highest BCUT2D eigenvalue weighted by Gasteiger charge is 2.21. The first-order valence-corrected chi connectivity index (χ1v) is 3.83. The van der Waals surface area contributed by atoms with Gasteiger partial charge in [-0.3, -0.25) is 0 Å². The fourth-order valence-corrected chi connectivity index (χ4v) is 1.25. The smallest absolute Gasteiger partial charge is 0.0814 e. The van der Waals surface area contributed by atoms with Crippen LogP contribution in [0, 0.1) is 0 Å². The van der Waals surface area contributed by atoms with Gasteiger partial charge in [0.05, 0.1) is 18.8 Å². The van der Waals surface area contributed by atoms with Crippen LogP contribution in [-0.4, -0.2) is 23.9 Å². The molecule has 0 aliphatic carbocycles. The second-order valence-electron chi connectivity index (χ2n) is 2.37. The van der Waals surface area contributed by atoms with Crippen LogP contribution >= 0.6 is 11.6 Å². The fraction of sp³-hybridized carbons (Fsp3) is 0.714. The van der Waals surface area contributed by atoms with E-state index in [1.165, 1.54) is 5.54 Å². The largest absolute Gasteiger partial charge is 0.394 e. The summed E-state index contributed by atoms with van der Waals surface area (Å²) in [5, 5.41) is 8.67. The Bertz CT molecular complexity index is 125. The molecule has 1 aliphatic heterocycles. The first kappa shape index (κ1) is 8.05. The van der Waals surface area contributed by atoms with Crippen molar-refractivity contribution in [3.05, 3.63) is 11.6 Å². The molecule has 1 aliphatic rings. The molecule has 0 aromatic carbocycles. The minimum atomic E-state index is 0.0258. The summed E-state index contributed by atoms with van der Waals surface area (Å²) in [6.45, 7) is 0.118. The normalized spacial score (nSPS) is 33.8. The van der Waals surface area contributed by atoms with Gasteiger partial charge in [-0.15, -0.1) is 0 Å². The Kier molecular flexibility index (Phi) is 3.19. The van der Waals surface area contributed by atoms with Crippen LogP contribution in [0.15, 0.2) is 11.6 Å². The Morgan fingerprint density at radius 3 is 2.90 bits per heavy atom. The number of rotatable bonds is 2. The third-order valence-corrected chi connectivity index (χ3v) is 1.78. The van der Waals surface area contributed by atoms with Gasteiger partial charge < -0.3 is 9.84 Å².